The van der Waals surface area contributed by atoms with Crippen molar-refractivity contribution in [3.8, 4) is 0 Å². The SMILES string of the molecule is CC=Nc1ccc(C)cc1C=CCO. The van der Waals surface area contributed by atoms with Gasteiger partial charge in [-0.2, -0.15) is 0 Å². The van der Waals surface area contributed by atoms with Crippen molar-refractivity contribution in [3.63, 3.8) is 0 Å². The molecule has 0 bridgehead atoms. The van der Waals surface area contributed by atoms with Gasteiger partial charge in [0.05, 0.1) is 12.3 Å². The normalized spacial score (nSPS) is 11.6. The van der Waals surface area contributed by atoms with Gasteiger partial charge in [-0.25, -0.2) is 0 Å². The molecule has 0 heterocycles. The van der Waals surface area contributed by atoms with Crippen LogP contribution in [0.1, 0.15) is 18.1 Å². The smallest absolute Gasteiger partial charge is 0.0697 e. The lowest BCUT2D eigenvalue weighted by Gasteiger charge is -2.01. The van der Waals surface area contributed by atoms with Crippen molar-refractivity contribution in [2.75, 3.05) is 6.61 Å². The maximum absolute atomic E-state index is 8.69. The van der Waals surface area contributed by atoms with E-state index < -0.39 is 0 Å². The van der Waals surface area contributed by atoms with Crippen molar-refractivity contribution in [3.05, 3.63) is 35.4 Å². The van der Waals surface area contributed by atoms with Gasteiger partial charge in [-0.1, -0.05) is 23.8 Å². The highest BCUT2D eigenvalue weighted by atomic mass is 16.2. The summed E-state index contributed by atoms with van der Waals surface area (Å²) in [5, 5.41) is 8.69. The molecule has 0 atom stereocenters. The van der Waals surface area contributed by atoms with Crippen molar-refractivity contribution in [2.45, 2.75) is 13.8 Å². The fourth-order valence-electron chi connectivity index (χ4n) is 1.24. The summed E-state index contributed by atoms with van der Waals surface area (Å²) >= 11 is 0. The van der Waals surface area contributed by atoms with Gasteiger partial charge >= 0.3 is 0 Å². The number of aliphatic hydroxyl groups is 1. The van der Waals surface area contributed by atoms with Gasteiger partial charge in [0.1, 0.15) is 0 Å². The minimum Gasteiger partial charge on any atom is -0.392 e. The molecule has 0 aliphatic heterocycles. The van der Waals surface area contributed by atoms with Crippen LogP contribution in [0.3, 0.4) is 0 Å². The molecular weight excluding hydrogens is 174 g/mol. The van der Waals surface area contributed by atoms with Crippen molar-refractivity contribution < 1.29 is 5.11 Å². The molecule has 0 fully saturated rings. The number of benzene rings is 1. The number of aliphatic hydroxyl groups excluding tert-OH is 1. The summed E-state index contributed by atoms with van der Waals surface area (Å²) in [6.07, 6.45) is 5.36. The molecule has 0 spiro atoms. The van der Waals surface area contributed by atoms with Gasteiger partial charge in [0.25, 0.3) is 0 Å². The first-order valence-electron chi connectivity index (χ1n) is 4.64. The van der Waals surface area contributed by atoms with Crippen LogP contribution in [0.2, 0.25) is 0 Å². The molecule has 2 heteroatoms. The number of hydrogen-bond acceptors (Lipinski definition) is 2. The Morgan fingerprint density at radius 2 is 2.21 bits per heavy atom. The van der Waals surface area contributed by atoms with Crippen molar-refractivity contribution in [1.29, 1.82) is 0 Å². The van der Waals surface area contributed by atoms with Gasteiger partial charge in [-0.05, 0) is 26.0 Å². The highest BCUT2D eigenvalue weighted by Crippen LogP contribution is 2.21. The van der Waals surface area contributed by atoms with E-state index in [9.17, 15) is 0 Å². The second-order valence-corrected chi connectivity index (χ2v) is 3.03. The first-order valence-corrected chi connectivity index (χ1v) is 4.64. The fraction of sp³-hybridized carbons (Fsp3) is 0.250. The van der Waals surface area contributed by atoms with Crippen LogP contribution >= 0.6 is 0 Å². The first kappa shape index (κ1) is 10.7. The lowest BCUT2D eigenvalue weighted by atomic mass is 10.1. The maximum atomic E-state index is 8.69. The first-order chi connectivity index (χ1) is 6.77. The van der Waals surface area contributed by atoms with Crippen LogP contribution in [-0.4, -0.2) is 17.9 Å². The van der Waals surface area contributed by atoms with Gasteiger partial charge in [0, 0.05) is 11.8 Å². The van der Waals surface area contributed by atoms with E-state index in [1.807, 2.05) is 32.1 Å². The number of hydrogen-bond donors (Lipinski definition) is 1. The summed E-state index contributed by atoms with van der Waals surface area (Å²) < 4.78 is 0. The zero-order valence-corrected chi connectivity index (χ0v) is 8.57. The third-order valence-corrected chi connectivity index (χ3v) is 1.85. The largest absolute Gasteiger partial charge is 0.392 e. The number of rotatable bonds is 3. The third-order valence-electron chi connectivity index (χ3n) is 1.85. The van der Waals surface area contributed by atoms with E-state index in [1.165, 1.54) is 5.56 Å². The minimum atomic E-state index is 0.0588. The van der Waals surface area contributed by atoms with Gasteiger partial charge in [0.15, 0.2) is 0 Å². The van der Waals surface area contributed by atoms with Crippen LogP contribution in [0.4, 0.5) is 5.69 Å². The zero-order valence-electron chi connectivity index (χ0n) is 8.57. The summed E-state index contributed by atoms with van der Waals surface area (Å²) in [6, 6.07) is 6.06. The van der Waals surface area contributed by atoms with Crippen molar-refractivity contribution >= 4 is 18.0 Å². The maximum Gasteiger partial charge on any atom is 0.0697 e. The molecule has 0 aliphatic carbocycles. The predicted molar refractivity (Wildman–Crippen MR) is 61.1 cm³/mol. The van der Waals surface area contributed by atoms with Crippen LogP contribution in [0.5, 0.6) is 0 Å². The molecule has 0 aliphatic rings. The predicted octanol–water partition coefficient (Wildman–Crippen LogP) is 2.72. The standard InChI is InChI=1S/C12H15NO/c1-3-13-12-7-6-10(2)9-11(12)5-4-8-14/h3-7,9,14H,8H2,1-2H3. The van der Waals surface area contributed by atoms with E-state index in [1.54, 1.807) is 12.3 Å². The molecule has 1 rings (SSSR count). The molecule has 0 unspecified atom stereocenters. The molecule has 1 aromatic carbocycles. The van der Waals surface area contributed by atoms with Crippen molar-refractivity contribution in [2.24, 2.45) is 4.99 Å². The second-order valence-electron chi connectivity index (χ2n) is 3.03. The molecule has 0 saturated carbocycles. The Morgan fingerprint density at radius 1 is 1.43 bits per heavy atom. The van der Waals surface area contributed by atoms with Gasteiger partial charge < -0.3 is 5.11 Å². The van der Waals surface area contributed by atoms with Crippen molar-refractivity contribution in [1.82, 2.24) is 0 Å². The average molecular weight is 189 g/mol. The molecule has 74 valence electrons. The van der Waals surface area contributed by atoms with E-state index in [2.05, 4.69) is 11.1 Å². The number of nitrogens with zero attached hydrogens (tertiary/aromatic N) is 1. The Kier molecular flexibility index (Phi) is 4.08. The highest BCUT2D eigenvalue weighted by molar-refractivity contribution is 5.70. The van der Waals surface area contributed by atoms with Crippen LogP contribution in [-0.2, 0) is 0 Å². The minimum absolute atomic E-state index is 0.0588. The summed E-state index contributed by atoms with van der Waals surface area (Å²) in [4.78, 5) is 4.24. The highest BCUT2D eigenvalue weighted by Gasteiger charge is 1.96. The molecular formula is C12H15NO. The quantitative estimate of drug-likeness (QED) is 0.728. The van der Waals surface area contributed by atoms with E-state index in [-0.39, 0.29) is 6.61 Å². The van der Waals surface area contributed by atoms with E-state index in [0.29, 0.717) is 0 Å². The van der Waals surface area contributed by atoms with Gasteiger partial charge in [-0.3, -0.25) is 4.99 Å². The average Bonchev–Trinajstić information content (AvgIpc) is 2.18. The van der Waals surface area contributed by atoms with E-state index in [4.69, 9.17) is 5.11 Å². The summed E-state index contributed by atoms with van der Waals surface area (Å²) in [5.74, 6) is 0. The van der Waals surface area contributed by atoms with Crippen LogP contribution in [0, 0.1) is 6.92 Å². The van der Waals surface area contributed by atoms with Gasteiger partial charge in [-0.15, -0.1) is 0 Å². The van der Waals surface area contributed by atoms with E-state index >= 15 is 0 Å². The Hall–Kier alpha value is -1.41. The lowest BCUT2D eigenvalue weighted by Crippen LogP contribution is -1.79. The monoisotopic (exact) mass is 189 g/mol. The molecule has 0 aromatic heterocycles. The van der Waals surface area contributed by atoms with Crippen LogP contribution in [0.25, 0.3) is 6.08 Å². The molecule has 1 aromatic rings. The molecule has 2 nitrogen and oxygen atoms in total. The van der Waals surface area contributed by atoms with Crippen LogP contribution < -0.4 is 0 Å². The molecule has 14 heavy (non-hydrogen) atoms. The lowest BCUT2D eigenvalue weighted by molar-refractivity contribution is 0.343. The second kappa shape index (κ2) is 5.35. The Morgan fingerprint density at radius 3 is 2.86 bits per heavy atom. The topological polar surface area (TPSA) is 32.6 Å². The molecule has 0 amide bonds. The summed E-state index contributed by atoms with van der Waals surface area (Å²) in [6.45, 7) is 3.98. The van der Waals surface area contributed by atoms with E-state index in [0.717, 1.165) is 11.3 Å². The fourth-order valence-corrected chi connectivity index (χ4v) is 1.24. The summed E-state index contributed by atoms with van der Waals surface area (Å²) in [5.41, 5.74) is 3.16. The third kappa shape index (κ3) is 2.82. The van der Waals surface area contributed by atoms with Gasteiger partial charge in [0.2, 0.25) is 0 Å². The summed E-state index contributed by atoms with van der Waals surface area (Å²) in [7, 11) is 0. The molecule has 0 saturated heterocycles. The number of aliphatic imine (C=N–C) groups is 1. The Labute approximate surface area is 84.6 Å². The van der Waals surface area contributed by atoms with Crippen LogP contribution in [0.15, 0.2) is 29.3 Å². The Balaban J connectivity index is 3.08. The molecule has 1 N–H and O–H groups in total. The number of aryl methyl sites for hydroxylation is 1. The zero-order chi connectivity index (χ0) is 10.4. The Bertz CT molecular complexity index is 353. The molecule has 0 radical (unpaired) electrons.